The highest BCUT2D eigenvalue weighted by molar-refractivity contribution is 5.85. The molecule has 1 N–H and O–H groups in total. The molecular formula is C16H10F5N5. The number of aromatic amines is 1. The largest absolute Gasteiger partial charge is 0.433 e. The molecule has 3 heterocycles. The summed E-state index contributed by atoms with van der Waals surface area (Å²) in [5.41, 5.74) is 0.148. The molecule has 0 fully saturated rings. The van der Waals surface area contributed by atoms with Gasteiger partial charge in [-0.3, -0.25) is 9.67 Å². The van der Waals surface area contributed by atoms with E-state index in [-0.39, 0.29) is 16.9 Å². The molecule has 4 rings (SSSR count). The van der Waals surface area contributed by atoms with Crippen LogP contribution in [0.15, 0.2) is 30.5 Å². The maximum atomic E-state index is 13.5. The number of alkyl halides is 5. The number of hydrogen-bond acceptors (Lipinski definition) is 3. The third-order valence-corrected chi connectivity index (χ3v) is 4.01. The van der Waals surface area contributed by atoms with E-state index in [9.17, 15) is 22.0 Å². The van der Waals surface area contributed by atoms with Crippen LogP contribution in [0.4, 0.5) is 22.0 Å². The van der Waals surface area contributed by atoms with Crippen molar-refractivity contribution < 1.29 is 22.0 Å². The average molecular weight is 367 g/mol. The van der Waals surface area contributed by atoms with Gasteiger partial charge in [0.2, 0.25) is 0 Å². The van der Waals surface area contributed by atoms with E-state index in [1.54, 1.807) is 19.1 Å². The van der Waals surface area contributed by atoms with E-state index in [0.717, 1.165) is 16.7 Å². The lowest BCUT2D eigenvalue weighted by atomic mass is 10.1. The first kappa shape index (κ1) is 16.4. The van der Waals surface area contributed by atoms with Gasteiger partial charge in [0.1, 0.15) is 11.2 Å². The molecule has 0 amide bonds. The third-order valence-electron chi connectivity index (χ3n) is 4.01. The van der Waals surface area contributed by atoms with Crippen molar-refractivity contribution in [1.82, 2.24) is 24.7 Å². The fraction of sp³-hybridized carbons (Fsp3) is 0.188. The summed E-state index contributed by atoms with van der Waals surface area (Å²) in [4.78, 5) is 7.31. The summed E-state index contributed by atoms with van der Waals surface area (Å²) < 4.78 is 66.9. The van der Waals surface area contributed by atoms with Crippen LogP contribution in [0.1, 0.15) is 23.5 Å². The van der Waals surface area contributed by atoms with Crippen molar-refractivity contribution >= 4 is 22.1 Å². The van der Waals surface area contributed by atoms with E-state index in [1.807, 2.05) is 0 Å². The van der Waals surface area contributed by atoms with Gasteiger partial charge in [-0.25, -0.2) is 18.7 Å². The molecule has 0 aliphatic carbocycles. The number of hydrogen-bond donors (Lipinski definition) is 1. The summed E-state index contributed by atoms with van der Waals surface area (Å²) in [6.07, 6.45) is -6.18. The molecule has 26 heavy (non-hydrogen) atoms. The van der Waals surface area contributed by atoms with Crippen LogP contribution in [0.2, 0.25) is 0 Å². The van der Waals surface area contributed by atoms with Crippen molar-refractivity contribution in [3.8, 4) is 5.69 Å². The van der Waals surface area contributed by atoms with E-state index >= 15 is 0 Å². The molecule has 0 radical (unpaired) electrons. The van der Waals surface area contributed by atoms with Gasteiger partial charge in [-0.1, -0.05) is 0 Å². The van der Waals surface area contributed by atoms with Gasteiger partial charge >= 0.3 is 6.18 Å². The molecule has 0 saturated carbocycles. The quantitative estimate of drug-likeness (QED) is 0.529. The summed E-state index contributed by atoms with van der Waals surface area (Å²) in [6.45, 7) is 1.74. The Balaban J connectivity index is 2.06. The van der Waals surface area contributed by atoms with Crippen LogP contribution in [0.5, 0.6) is 0 Å². The van der Waals surface area contributed by atoms with Crippen LogP contribution < -0.4 is 0 Å². The zero-order chi connectivity index (χ0) is 18.6. The van der Waals surface area contributed by atoms with Crippen LogP contribution in [-0.2, 0) is 6.18 Å². The molecule has 1 aromatic carbocycles. The Morgan fingerprint density at radius 1 is 1.12 bits per heavy atom. The van der Waals surface area contributed by atoms with Crippen molar-refractivity contribution in [3.63, 3.8) is 0 Å². The summed E-state index contributed by atoms with van der Waals surface area (Å²) in [6, 6.07) is 4.87. The number of pyridine rings is 1. The molecule has 0 atom stereocenters. The van der Waals surface area contributed by atoms with Gasteiger partial charge < -0.3 is 0 Å². The fourth-order valence-corrected chi connectivity index (χ4v) is 2.88. The number of nitrogens with zero attached hydrogens (tertiary/aromatic N) is 4. The predicted octanol–water partition coefficient (Wildman–Crippen LogP) is 4.56. The molecule has 0 aliphatic rings. The summed E-state index contributed by atoms with van der Waals surface area (Å²) in [5.74, 6) is -0.672. The maximum absolute atomic E-state index is 13.5. The molecule has 0 saturated heterocycles. The second-order valence-corrected chi connectivity index (χ2v) is 5.74. The van der Waals surface area contributed by atoms with Crippen LogP contribution in [-0.4, -0.2) is 24.7 Å². The number of H-pyrrole nitrogens is 1. The average Bonchev–Trinajstić information content (AvgIpc) is 3.17. The monoisotopic (exact) mass is 367 g/mol. The normalized spacial score (nSPS) is 12.6. The topological polar surface area (TPSA) is 59.4 Å². The summed E-state index contributed by atoms with van der Waals surface area (Å²) >= 11 is 0. The van der Waals surface area contributed by atoms with Crippen molar-refractivity contribution in [2.75, 3.05) is 0 Å². The number of halogens is 5. The second-order valence-electron chi connectivity index (χ2n) is 5.74. The molecule has 0 spiro atoms. The second kappa shape index (κ2) is 5.48. The first-order chi connectivity index (χ1) is 12.3. The van der Waals surface area contributed by atoms with Gasteiger partial charge in [0.15, 0.2) is 11.5 Å². The lowest BCUT2D eigenvalue weighted by Crippen LogP contribution is -2.09. The molecule has 3 aromatic heterocycles. The van der Waals surface area contributed by atoms with Gasteiger partial charge in [0, 0.05) is 5.39 Å². The van der Waals surface area contributed by atoms with Crippen LogP contribution in [0.25, 0.3) is 27.8 Å². The number of benzene rings is 1. The molecule has 4 aromatic rings. The number of aromatic nitrogens is 5. The predicted molar refractivity (Wildman–Crippen MR) is 83.2 cm³/mol. The first-order valence-electron chi connectivity index (χ1n) is 7.44. The van der Waals surface area contributed by atoms with E-state index in [2.05, 4.69) is 20.2 Å². The highest BCUT2D eigenvalue weighted by Crippen LogP contribution is 2.33. The Kier molecular flexibility index (Phi) is 3.46. The number of fused-ring (bicyclic) bond motifs is 2. The summed E-state index contributed by atoms with van der Waals surface area (Å²) in [5, 5.41) is 7.30. The van der Waals surface area contributed by atoms with E-state index in [1.165, 1.54) is 6.20 Å². The molecule has 0 unspecified atom stereocenters. The van der Waals surface area contributed by atoms with Crippen LogP contribution in [0.3, 0.4) is 0 Å². The molecule has 5 nitrogen and oxygen atoms in total. The standard InChI is InChI=1S/C16H10F5N5/c1-7-4-9(5-8-6-22-25-12(7)8)26-14-10(23-15(26)13(17)18)2-3-11(24-14)16(19,20)21/h2-6,13H,1H3,(H,22,25). The Morgan fingerprint density at radius 3 is 2.58 bits per heavy atom. The molecule has 10 heteroatoms. The van der Waals surface area contributed by atoms with Crippen LogP contribution >= 0.6 is 0 Å². The molecule has 134 valence electrons. The Hall–Kier alpha value is -3.04. The summed E-state index contributed by atoms with van der Waals surface area (Å²) in [7, 11) is 0. The fourth-order valence-electron chi connectivity index (χ4n) is 2.88. The minimum Gasteiger partial charge on any atom is -0.278 e. The van der Waals surface area contributed by atoms with Crippen molar-refractivity contribution in [3.05, 3.63) is 47.5 Å². The van der Waals surface area contributed by atoms with Crippen molar-refractivity contribution in [2.24, 2.45) is 0 Å². The smallest absolute Gasteiger partial charge is 0.278 e. The molecular weight excluding hydrogens is 357 g/mol. The maximum Gasteiger partial charge on any atom is 0.433 e. The highest BCUT2D eigenvalue weighted by Gasteiger charge is 2.33. The van der Waals surface area contributed by atoms with Gasteiger partial charge in [-0.15, -0.1) is 0 Å². The SMILES string of the molecule is Cc1cc(-n2c(C(F)F)nc3ccc(C(F)(F)F)nc32)cc2cn[nH]c12. The zero-order valence-electron chi connectivity index (χ0n) is 13.1. The van der Waals surface area contributed by atoms with Crippen molar-refractivity contribution in [1.29, 1.82) is 0 Å². The van der Waals surface area contributed by atoms with Gasteiger partial charge in [-0.2, -0.15) is 18.3 Å². The number of nitrogens with one attached hydrogen (secondary N) is 1. The van der Waals surface area contributed by atoms with Gasteiger partial charge in [0.05, 0.1) is 17.4 Å². The minimum absolute atomic E-state index is 0.0433. The van der Waals surface area contributed by atoms with E-state index in [4.69, 9.17) is 0 Å². The Bertz CT molecular complexity index is 1130. The molecule has 0 aliphatic heterocycles. The van der Waals surface area contributed by atoms with Gasteiger partial charge in [-0.05, 0) is 36.8 Å². The third kappa shape index (κ3) is 2.49. The van der Waals surface area contributed by atoms with Crippen LogP contribution in [0, 0.1) is 6.92 Å². The highest BCUT2D eigenvalue weighted by atomic mass is 19.4. The number of rotatable bonds is 2. The minimum atomic E-state index is -4.70. The number of aryl methyl sites for hydroxylation is 1. The van der Waals surface area contributed by atoms with Crippen molar-refractivity contribution in [2.45, 2.75) is 19.5 Å². The lowest BCUT2D eigenvalue weighted by Gasteiger charge is -2.11. The molecule has 0 bridgehead atoms. The van der Waals surface area contributed by atoms with E-state index < -0.39 is 24.1 Å². The number of imidazole rings is 1. The lowest BCUT2D eigenvalue weighted by molar-refractivity contribution is -0.141. The van der Waals surface area contributed by atoms with Gasteiger partial charge in [0.25, 0.3) is 6.43 Å². The zero-order valence-corrected chi connectivity index (χ0v) is 13.1. The Morgan fingerprint density at radius 2 is 1.88 bits per heavy atom. The first-order valence-corrected chi connectivity index (χ1v) is 7.44. The Labute approximate surface area is 142 Å². The van der Waals surface area contributed by atoms with E-state index in [0.29, 0.717) is 16.5 Å².